The lowest BCUT2D eigenvalue weighted by molar-refractivity contribution is 0.0228. The zero-order valence-corrected chi connectivity index (χ0v) is 11.8. The number of carbonyl (C=O) groups excluding carboxylic acids is 1. The molecule has 0 saturated carbocycles. The van der Waals surface area contributed by atoms with Gasteiger partial charge in [-0.05, 0) is 41.9 Å². The third kappa shape index (κ3) is 3.71. The van der Waals surface area contributed by atoms with Crippen molar-refractivity contribution in [2.24, 2.45) is 0 Å². The molecule has 0 aliphatic carbocycles. The smallest absolute Gasteiger partial charge is 0.252 e. The molecule has 0 aromatic heterocycles. The summed E-state index contributed by atoms with van der Waals surface area (Å²) >= 11 is 3.30. The molecule has 17 heavy (non-hydrogen) atoms. The highest BCUT2D eigenvalue weighted by molar-refractivity contribution is 9.10. The van der Waals surface area contributed by atoms with Crippen molar-refractivity contribution in [2.45, 2.75) is 19.4 Å². The van der Waals surface area contributed by atoms with Crippen molar-refractivity contribution >= 4 is 27.5 Å². The van der Waals surface area contributed by atoms with E-state index in [4.69, 9.17) is 10.5 Å². The van der Waals surface area contributed by atoms with Crippen molar-refractivity contribution in [3.63, 3.8) is 0 Å². The summed E-state index contributed by atoms with van der Waals surface area (Å²) in [4.78, 5) is 11.9. The molecule has 0 radical (unpaired) electrons. The van der Waals surface area contributed by atoms with Crippen molar-refractivity contribution in [3.05, 3.63) is 28.2 Å². The van der Waals surface area contributed by atoms with E-state index >= 15 is 0 Å². The molecule has 1 aromatic rings. The molecule has 94 valence electrons. The largest absolute Gasteiger partial charge is 0.398 e. The molecule has 1 rings (SSSR count). The van der Waals surface area contributed by atoms with Gasteiger partial charge in [-0.2, -0.15) is 0 Å². The number of carbonyl (C=O) groups is 1. The van der Waals surface area contributed by atoms with Crippen molar-refractivity contribution in [3.8, 4) is 0 Å². The van der Waals surface area contributed by atoms with Gasteiger partial charge in [0.1, 0.15) is 0 Å². The summed E-state index contributed by atoms with van der Waals surface area (Å²) in [7, 11) is 1.61. The maximum atomic E-state index is 11.9. The van der Waals surface area contributed by atoms with E-state index in [1.54, 1.807) is 25.3 Å². The van der Waals surface area contributed by atoms with Crippen LogP contribution in [0.2, 0.25) is 0 Å². The average Bonchev–Trinajstić information content (AvgIpc) is 2.30. The molecule has 0 heterocycles. The maximum absolute atomic E-state index is 11.9. The van der Waals surface area contributed by atoms with Crippen LogP contribution in [0, 0.1) is 0 Å². The van der Waals surface area contributed by atoms with Crippen LogP contribution in [0.1, 0.15) is 24.2 Å². The summed E-state index contributed by atoms with van der Waals surface area (Å²) in [5.74, 6) is -0.172. The van der Waals surface area contributed by atoms with Gasteiger partial charge in [-0.25, -0.2) is 0 Å². The van der Waals surface area contributed by atoms with E-state index in [1.807, 2.05) is 13.8 Å². The Balaban J connectivity index is 2.74. The quantitative estimate of drug-likeness (QED) is 0.838. The summed E-state index contributed by atoms with van der Waals surface area (Å²) in [6, 6.07) is 5.20. The number of nitrogens with two attached hydrogens (primary N) is 1. The minimum atomic E-state index is -0.386. The van der Waals surface area contributed by atoms with Crippen molar-refractivity contribution < 1.29 is 9.53 Å². The number of ether oxygens (including phenoxy) is 1. The number of halogens is 1. The molecule has 1 aromatic carbocycles. The Morgan fingerprint density at radius 3 is 2.76 bits per heavy atom. The molecular formula is C12H17BrN2O2. The van der Waals surface area contributed by atoms with Gasteiger partial charge in [0.25, 0.3) is 5.91 Å². The average molecular weight is 301 g/mol. The zero-order valence-electron chi connectivity index (χ0n) is 10.2. The van der Waals surface area contributed by atoms with Crippen molar-refractivity contribution in [1.82, 2.24) is 5.32 Å². The van der Waals surface area contributed by atoms with E-state index in [-0.39, 0.29) is 11.5 Å². The molecule has 0 bridgehead atoms. The standard InChI is InChI=1S/C12H17BrN2O2/c1-12(2,17-3)7-15-11(16)8-5-4-6-9(14)10(8)13/h4-6H,7,14H2,1-3H3,(H,15,16). The third-order valence-electron chi connectivity index (χ3n) is 2.50. The van der Waals surface area contributed by atoms with Crippen LogP contribution in [-0.2, 0) is 4.74 Å². The highest BCUT2D eigenvalue weighted by atomic mass is 79.9. The van der Waals surface area contributed by atoms with Gasteiger partial charge < -0.3 is 15.8 Å². The Hall–Kier alpha value is -1.07. The Kier molecular flexibility index (Phi) is 4.54. The predicted octanol–water partition coefficient (Wildman–Crippen LogP) is 2.19. The topological polar surface area (TPSA) is 64.3 Å². The Labute approximate surface area is 110 Å². The molecule has 0 unspecified atom stereocenters. The first kappa shape index (κ1) is 14.0. The van der Waals surface area contributed by atoms with Crippen LogP contribution in [-0.4, -0.2) is 25.2 Å². The number of hydrogen-bond acceptors (Lipinski definition) is 3. The normalized spacial score (nSPS) is 11.3. The molecule has 0 aliphatic rings. The maximum Gasteiger partial charge on any atom is 0.252 e. The molecule has 0 fully saturated rings. The SMILES string of the molecule is COC(C)(C)CNC(=O)c1cccc(N)c1Br. The van der Waals surface area contributed by atoms with Crippen LogP contribution in [0.5, 0.6) is 0 Å². The van der Waals surface area contributed by atoms with Gasteiger partial charge >= 0.3 is 0 Å². The lowest BCUT2D eigenvalue weighted by atomic mass is 10.1. The molecule has 0 saturated heterocycles. The van der Waals surface area contributed by atoms with E-state index < -0.39 is 0 Å². The second-order valence-electron chi connectivity index (χ2n) is 4.36. The van der Waals surface area contributed by atoms with Gasteiger partial charge in [0.15, 0.2) is 0 Å². The fraction of sp³-hybridized carbons (Fsp3) is 0.417. The lowest BCUT2D eigenvalue weighted by Gasteiger charge is -2.23. The first-order valence-corrected chi connectivity index (χ1v) is 6.04. The summed E-state index contributed by atoms with van der Waals surface area (Å²) in [5.41, 5.74) is 6.40. The Morgan fingerprint density at radius 2 is 2.18 bits per heavy atom. The number of nitrogen functional groups attached to an aromatic ring is 1. The van der Waals surface area contributed by atoms with Crippen LogP contribution >= 0.6 is 15.9 Å². The molecule has 0 aliphatic heterocycles. The van der Waals surface area contributed by atoms with Gasteiger partial charge in [-0.3, -0.25) is 4.79 Å². The van der Waals surface area contributed by atoms with Crippen LogP contribution < -0.4 is 11.1 Å². The van der Waals surface area contributed by atoms with Gasteiger partial charge in [-0.1, -0.05) is 6.07 Å². The summed E-state index contributed by atoms with van der Waals surface area (Å²) < 4.78 is 5.85. The number of amides is 1. The van der Waals surface area contributed by atoms with E-state index in [9.17, 15) is 4.79 Å². The lowest BCUT2D eigenvalue weighted by Crippen LogP contribution is -2.39. The molecule has 0 atom stereocenters. The highest BCUT2D eigenvalue weighted by Gasteiger charge is 2.19. The molecule has 4 nitrogen and oxygen atoms in total. The van der Waals surface area contributed by atoms with Crippen LogP contribution in [0.15, 0.2) is 22.7 Å². The molecule has 1 amide bonds. The van der Waals surface area contributed by atoms with E-state index in [1.165, 1.54) is 0 Å². The van der Waals surface area contributed by atoms with Crippen LogP contribution in [0.25, 0.3) is 0 Å². The van der Waals surface area contributed by atoms with E-state index in [0.717, 1.165) is 0 Å². The van der Waals surface area contributed by atoms with Gasteiger partial charge in [0.05, 0.1) is 15.6 Å². The van der Waals surface area contributed by atoms with Gasteiger partial charge in [-0.15, -0.1) is 0 Å². The first-order valence-electron chi connectivity index (χ1n) is 5.25. The molecule has 3 N–H and O–H groups in total. The Bertz CT molecular complexity index is 419. The predicted molar refractivity (Wildman–Crippen MR) is 72.0 cm³/mol. The highest BCUT2D eigenvalue weighted by Crippen LogP contribution is 2.23. The number of methoxy groups -OCH3 is 1. The van der Waals surface area contributed by atoms with Crippen molar-refractivity contribution in [2.75, 3.05) is 19.4 Å². The number of nitrogens with one attached hydrogen (secondary N) is 1. The Morgan fingerprint density at radius 1 is 1.53 bits per heavy atom. The number of rotatable bonds is 4. The summed E-state index contributed by atoms with van der Waals surface area (Å²) in [6.45, 7) is 4.24. The fourth-order valence-corrected chi connectivity index (χ4v) is 1.63. The van der Waals surface area contributed by atoms with E-state index in [0.29, 0.717) is 22.3 Å². The van der Waals surface area contributed by atoms with Crippen LogP contribution in [0.4, 0.5) is 5.69 Å². The number of hydrogen-bond donors (Lipinski definition) is 2. The minimum absolute atomic E-state index is 0.172. The second kappa shape index (κ2) is 5.51. The van der Waals surface area contributed by atoms with Gasteiger partial charge in [0.2, 0.25) is 0 Å². The van der Waals surface area contributed by atoms with E-state index in [2.05, 4.69) is 21.2 Å². The molecule has 0 spiro atoms. The van der Waals surface area contributed by atoms with Gasteiger partial charge in [0, 0.05) is 19.3 Å². The third-order valence-corrected chi connectivity index (χ3v) is 3.39. The second-order valence-corrected chi connectivity index (χ2v) is 5.15. The van der Waals surface area contributed by atoms with Crippen LogP contribution in [0.3, 0.4) is 0 Å². The minimum Gasteiger partial charge on any atom is -0.398 e. The monoisotopic (exact) mass is 300 g/mol. The molecule has 5 heteroatoms. The first-order chi connectivity index (χ1) is 7.87. The number of benzene rings is 1. The van der Waals surface area contributed by atoms with Crippen molar-refractivity contribution in [1.29, 1.82) is 0 Å². The number of anilines is 1. The summed E-state index contributed by atoms with van der Waals surface area (Å²) in [5, 5.41) is 2.81. The summed E-state index contributed by atoms with van der Waals surface area (Å²) in [6.07, 6.45) is 0. The fourth-order valence-electron chi connectivity index (χ4n) is 1.19. The zero-order chi connectivity index (χ0) is 13.1. The molecular weight excluding hydrogens is 284 g/mol.